The van der Waals surface area contributed by atoms with Crippen LogP contribution in [-0.2, 0) is 0 Å². The van der Waals surface area contributed by atoms with E-state index in [2.05, 4.69) is 11.9 Å². The van der Waals surface area contributed by atoms with Gasteiger partial charge in [0.2, 0.25) is 0 Å². The maximum absolute atomic E-state index is 11.7. The molecule has 0 radical (unpaired) electrons. The number of piperidine rings is 1. The second-order valence-corrected chi connectivity index (χ2v) is 6.19. The number of nitrogens with zero attached hydrogens (tertiary/aromatic N) is 1. The average molecular weight is 285 g/mol. The van der Waals surface area contributed by atoms with Crippen molar-refractivity contribution in [3.05, 3.63) is 40.8 Å². The molecule has 0 N–H and O–H groups in total. The summed E-state index contributed by atoms with van der Waals surface area (Å²) < 4.78 is 11.4. The van der Waals surface area contributed by atoms with Crippen LogP contribution in [0, 0.1) is 0 Å². The molecule has 0 saturated carbocycles. The van der Waals surface area contributed by atoms with Crippen molar-refractivity contribution in [2.75, 3.05) is 7.05 Å². The monoisotopic (exact) mass is 285 g/mol. The molecule has 0 spiro atoms. The van der Waals surface area contributed by atoms with Gasteiger partial charge in [0.1, 0.15) is 17.4 Å². The van der Waals surface area contributed by atoms with Crippen molar-refractivity contribution < 1.29 is 9.15 Å². The molecule has 0 aliphatic carbocycles. The number of ether oxygens (including phenoxy) is 1. The largest absolute Gasteiger partial charge is 0.489 e. The Kier molecular flexibility index (Phi) is 3.00. The minimum Gasteiger partial charge on any atom is -0.489 e. The van der Waals surface area contributed by atoms with Crippen LogP contribution < -0.4 is 10.4 Å². The Morgan fingerprint density at radius 3 is 2.67 bits per heavy atom. The van der Waals surface area contributed by atoms with Crippen LogP contribution in [0.15, 0.2) is 39.5 Å². The minimum absolute atomic E-state index is 0.198. The normalized spacial score (nSPS) is 28.9. The standard InChI is InChI=1S/C17H19NO3/c1-18-11-6-7-12(18)9-13(8-11)20-16-10-17(19)21-15-5-3-2-4-14(15)16/h2-5,10-13H,6-9H2,1H3. The fourth-order valence-corrected chi connectivity index (χ4v) is 3.82. The topological polar surface area (TPSA) is 42.7 Å². The van der Waals surface area contributed by atoms with E-state index in [9.17, 15) is 4.79 Å². The molecule has 1 aromatic carbocycles. The van der Waals surface area contributed by atoms with Gasteiger partial charge < -0.3 is 14.1 Å². The summed E-state index contributed by atoms with van der Waals surface area (Å²) in [5, 5.41) is 0.878. The van der Waals surface area contributed by atoms with Gasteiger partial charge in [-0.05, 0) is 44.9 Å². The van der Waals surface area contributed by atoms with E-state index in [0.717, 1.165) is 18.2 Å². The Balaban J connectivity index is 1.64. The highest BCUT2D eigenvalue weighted by Crippen LogP contribution is 2.36. The highest BCUT2D eigenvalue weighted by molar-refractivity contribution is 5.82. The van der Waals surface area contributed by atoms with Gasteiger partial charge in [0.05, 0.1) is 11.5 Å². The van der Waals surface area contributed by atoms with Crippen LogP contribution in [0.5, 0.6) is 5.75 Å². The lowest BCUT2D eigenvalue weighted by atomic mass is 10.0. The first-order valence-electron chi connectivity index (χ1n) is 7.62. The molecule has 2 aromatic rings. The summed E-state index contributed by atoms with van der Waals surface area (Å²) in [5.41, 5.74) is 0.246. The number of rotatable bonds is 2. The smallest absolute Gasteiger partial charge is 0.339 e. The highest BCUT2D eigenvalue weighted by atomic mass is 16.5. The third-order valence-corrected chi connectivity index (χ3v) is 4.96. The summed E-state index contributed by atoms with van der Waals surface area (Å²) in [7, 11) is 2.21. The molecule has 2 atom stereocenters. The second kappa shape index (κ2) is 4.88. The van der Waals surface area contributed by atoms with Crippen molar-refractivity contribution in [1.29, 1.82) is 0 Å². The molecule has 2 saturated heterocycles. The third kappa shape index (κ3) is 2.23. The quantitative estimate of drug-likeness (QED) is 0.796. The van der Waals surface area contributed by atoms with Crippen LogP contribution in [-0.4, -0.2) is 30.1 Å². The zero-order valence-corrected chi connectivity index (χ0v) is 12.1. The van der Waals surface area contributed by atoms with Gasteiger partial charge in [0.25, 0.3) is 0 Å². The van der Waals surface area contributed by atoms with Crippen LogP contribution in [0.3, 0.4) is 0 Å². The molecule has 4 nitrogen and oxygen atoms in total. The van der Waals surface area contributed by atoms with Crippen LogP contribution in [0.1, 0.15) is 25.7 Å². The molecule has 2 bridgehead atoms. The number of fused-ring (bicyclic) bond motifs is 3. The third-order valence-electron chi connectivity index (χ3n) is 4.96. The zero-order valence-electron chi connectivity index (χ0n) is 12.1. The Morgan fingerprint density at radius 2 is 1.90 bits per heavy atom. The Morgan fingerprint density at radius 1 is 1.19 bits per heavy atom. The van der Waals surface area contributed by atoms with Gasteiger partial charge in [-0.2, -0.15) is 0 Å². The molecule has 2 aliphatic rings. The SMILES string of the molecule is CN1C2CCC1CC(Oc1cc(=O)oc3ccccc13)C2. The molecule has 2 unspecified atom stereocenters. The van der Waals surface area contributed by atoms with Gasteiger partial charge in [-0.3, -0.25) is 0 Å². The van der Waals surface area contributed by atoms with Crippen molar-refractivity contribution in [3.8, 4) is 5.75 Å². The summed E-state index contributed by atoms with van der Waals surface area (Å²) in [4.78, 5) is 14.2. The lowest BCUT2D eigenvalue weighted by Gasteiger charge is -2.36. The lowest BCUT2D eigenvalue weighted by Crippen LogP contribution is -2.43. The summed E-state index contributed by atoms with van der Waals surface area (Å²) in [6.07, 6.45) is 4.81. The van der Waals surface area contributed by atoms with Crippen LogP contribution in [0.25, 0.3) is 11.0 Å². The number of hydrogen-bond acceptors (Lipinski definition) is 4. The first-order valence-corrected chi connectivity index (χ1v) is 7.62. The van der Waals surface area contributed by atoms with E-state index in [1.54, 1.807) is 0 Å². The Labute approximate surface area is 123 Å². The lowest BCUT2D eigenvalue weighted by molar-refractivity contribution is 0.0668. The molecule has 0 amide bonds. The van der Waals surface area contributed by atoms with Gasteiger partial charge in [-0.15, -0.1) is 0 Å². The molecule has 4 heteroatoms. The fourth-order valence-electron chi connectivity index (χ4n) is 3.82. The van der Waals surface area contributed by atoms with Gasteiger partial charge in [0, 0.05) is 12.1 Å². The van der Waals surface area contributed by atoms with Gasteiger partial charge >= 0.3 is 5.63 Å². The van der Waals surface area contributed by atoms with Crippen molar-refractivity contribution in [2.45, 2.75) is 43.9 Å². The van der Waals surface area contributed by atoms with Crippen LogP contribution in [0.2, 0.25) is 0 Å². The molecular formula is C17H19NO3. The van der Waals surface area contributed by atoms with Crippen LogP contribution >= 0.6 is 0 Å². The van der Waals surface area contributed by atoms with Crippen molar-refractivity contribution >= 4 is 11.0 Å². The molecule has 1 aromatic heterocycles. The Bertz CT molecular complexity index is 709. The Hall–Kier alpha value is -1.81. The predicted octanol–water partition coefficient (Wildman–Crippen LogP) is 2.80. The molecule has 3 heterocycles. The van der Waals surface area contributed by atoms with E-state index in [1.165, 1.54) is 18.9 Å². The zero-order chi connectivity index (χ0) is 14.4. The van der Waals surface area contributed by atoms with Gasteiger partial charge in [-0.25, -0.2) is 4.79 Å². The van der Waals surface area contributed by atoms with Crippen LogP contribution in [0.4, 0.5) is 0 Å². The average Bonchev–Trinajstić information content (AvgIpc) is 2.70. The molecule has 4 rings (SSSR count). The maximum atomic E-state index is 11.7. The highest BCUT2D eigenvalue weighted by Gasteiger charge is 2.39. The van der Waals surface area contributed by atoms with E-state index in [4.69, 9.17) is 9.15 Å². The van der Waals surface area contributed by atoms with E-state index < -0.39 is 0 Å². The number of benzene rings is 1. The predicted molar refractivity (Wildman–Crippen MR) is 80.7 cm³/mol. The van der Waals surface area contributed by atoms with Crippen molar-refractivity contribution in [2.24, 2.45) is 0 Å². The van der Waals surface area contributed by atoms with Crippen molar-refractivity contribution in [1.82, 2.24) is 4.90 Å². The number of hydrogen-bond donors (Lipinski definition) is 0. The second-order valence-electron chi connectivity index (χ2n) is 6.19. The minimum atomic E-state index is -0.348. The summed E-state index contributed by atoms with van der Waals surface area (Å²) in [6.45, 7) is 0. The van der Waals surface area contributed by atoms with Gasteiger partial charge in [-0.1, -0.05) is 12.1 Å². The molecular weight excluding hydrogens is 266 g/mol. The first-order chi connectivity index (χ1) is 10.2. The summed E-state index contributed by atoms with van der Waals surface area (Å²) >= 11 is 0. The van der Waals surface area contributed by atoms with E-state index in [-0.39, 0.29) is 11.7 Å². The van der Waals surface area contributed by atoms with E-state index in [1.807, 2.05) is 24.3 Å². The van der Waals surface area contributed by atoms with E-state index in [0.29, 0.717) is 23.4 Å². The maximum Gasteiger partial charge on any atom is 0.339 e. The summed E-state index contributed by atoms with van der Waals surface area (Å²) in [5.74, 6) is 0.663. The van der Waals surface area contributed by atoms with E-state index >= 15 is 0 Å². The summed E-state index contributed by atoms with van der Waals surface area (Å²) in [6, 6.07) is 10.3. The molecule has 110 valence electrons. The first kappa shape index (κ1) is 12.9. The van der Waals surface area contributed by atoms with Crippen molar-refractivity contribution in [3.63, 3.8) is 0 Å². The number of para-hydroxylation sites is 1. The fraction of sp³-hybridized carbons (Fsp3) is 0.471. The molecule has 2 aliphatic heterocycles. The molecule has 21 heavy (non-hydrogen) atoms. The van der Waals surface area contributed by atoms with Gasteiger partial charge in [0.15, 0.2) is 0 Å². The molecule has 2 fully saturated rings.